The Hall–Kier alpha value is -13.7. The molecular weight excluding hydrogens is 1900 g/mol. The highest BCUT2D eigenvalue weighted by atomic mass is 79.9. The van der Waals surface area contributed by atoms with Crippen molar-refractivity contribution < 1.29 is 9.47 Å². The Kier molecular flexibility index (Phi) is 30.2. The van der Waals surface area contributed by atoms with Gasteiger partial charge in [-0.2, -0.15) is 78.1 Å². The van der Waals surface area contributed by atoms with Crippen LogP contribution in [0.1, 0.15) is 79.1 Å². The van der Waals surface area contributed by atoms with Gasteiger partial charge in [-0.05, 0) is 152 Å². The highest BCUT2D eigenvalue weighted by molar-refractivity contribution is 9.11. The van der Waals surface area contributed by atoms with Crippen LogP contribution in [0, 0.1) is 19.8 Å². The van der Waals surface area contributed by atoms with Crippen LogP contribution < -0.4 is 71.2 Å². The van der Waals surface area contributed by atoms with Crippen LogP contribution in [0.3, 0.4) is 0 Å². The summed E-state index contributed by atoms with van der Waals surface area (Å²) in [6, 6.07) is 16.6. The lowest BCUT2D eigenvalue weighted by atomic mass is 9.85. The fraction of sp³-hybridized carbons (Fsp3) is 0.383. The van der Waals surface area contributed by atoms with Crippen molar-refractivity contribution in [2.75, 3.05) is 132 Å². The van der Waals surface area contributed by atoms with E-state index in [1.807, 2.05) is 149 Å². The van der Waals surface area contributed by atoms with Gasteiger partial charge >= 0.3 is 0 Å². The quantitative estimate of drug-likeness (QED) is 0.0324. The number of ether oxygens (including phenoxy) is 2. The Morgan fingerprint density at radius 1 is 0.432 bits per heavy atom. The number of nitrogens with one attached hydrogen (secondary N) is 8. The molecule has 0 amide bonds. The van der Waals surface area contributed by atoms with Gasteiger partial charge in [-0.1, -0.05) is 6.92 Å². The zero-order valence-electron chi connectivity index (χ0n) is 78.7. The molecule has 724 valence electrons. The minimum absolute atomic E-state index is 0.0918. The number of halogens is 2. The second-order valence-corrected chi connectivity index (χ2v) is 36.8. The molecule has 0 bridgehead atoms. The molecule has 5 unspecified atom stereocenters. The Balaban J connectivity index is 0.000000111. The molecule has 0 saturated carbocycles. The van der Waals surface area contributed by atoms with Gasteiger partial charge in [0.05, 0.1) is 108 Å². The van der Waals surface area contributed by atoms with Crippen molar-refractivity contribution in [3.05, 3.63) is 203 Å². The van der Waals surface area contributed by atoms with E-state index >= 15 is 0 Å². The number of nitrogens with zero attached hydrogens (tertiary/aromatic N) is 28. The van der Waals surface area contributed by atoms with E-state index in [1.165, 1.54) is 12.8 Å². The minimum Gasteiger partial charge on any atom is -0.384 e. The number of morpholine rings is 2. The second kappa shape index (κ2) is 43.9. The van der Waals surface area contributed by atoms with Gasteiger partial charge in [-0.25, -0.2) is 29.9 Å². The van der Waals surface area contributed by atoms with Gasteiger partial charge in [0.2, 0.25) is 0 Å². The number of nitrogen functional groups attached to an aromatic ring is 4. The Morgan fingerprint density at radius 3 is 1.34 bits per heavy atom. The molecule has 5 fully saturated rings. The van der Waals surface area contributed by atoms with Crippen molar-refractivity contribution >= 4 is 101 Å². The molecule has 23 heterocycles. The third-order valence-electron chi connectivity index (χ3n) is 25.0. The number of fused-ring (bicyclic) bond motifs is 6. The zero-order chi connectivity index (χ0) is 96.2. The van der Waals surface area contributed by atoms with Crippen molar-refractivity contribution in [3.8, 4) is 66.8 Å². The molecule has 0 spiro atoms. The number of aromatic nitrogens is 28. The molecule has 18 aromatic heterocycles. The van der Waals surface area contributed by atoms with E-state index in [0.717, 1.165) is 273 Å². The number of rotatable bonds is 20. The lowest BCUT2D eigenvalue weighted by molar-refractivity contribution is 0.0285. The predicted octanol–water partition coefficient (Wildman–Crippen LogP) is 7.77. The van der Waals surface area contributed by atoms with E-state index in [4.69, 9.17) is 63.1 Å². The topological polar surface area (TPSA) is 523 Å². The number of piperazine rings is 1. The Morgan fingerprint density at radius 2 is 0.871 bits per heavy atom. The summed E-state index contributed by atoms with van der Waals surface area (Å²) in [6.07, 6.45) is 41.1. The van der Waals surface area contributed by atoms with E-state index in [2.05, 4.69) is 153 Å². The normalized spacial score (nSPS) is 17.1. The van der Waals surface area contributed by atoms with E-state index in [1.54, 1.807) is 92.6 Å². The summed E-state index contributed by atoms with van der Waals surface area (Å²) in [5, 5.41) is 70.9. The predicted molar refractivity (Wildman–Crippen MR) is 542 cm³/mol. The molecule has 5 saturated heterocycles. The van der Waals surface area contributed by atoms with Crippen LogP contribution >= 0.6 is 31.9 Å². The number of piperidine rings is 2. The van der Waals surface area contributed by atoms with Gasteiger partial charge in [0, 0.05) is 270 Å². The molecule has 23 rings (SSSR count). The van der Waals surface area contributed by atoms with Gasteiger partial charge in [0.1, 0.15) is 34.9 Å². The van der Waals surface area contributed by atoms with Crippen LogP contribution in [0.2, 0.25) is 0 Å². The Bertz CT molecular complexity index is 7030. The van der Waals surface area contributed by atoms with E-state index < -0.39 is 0 Å². The molecule has 0 aliphatic carbocycles. The number of hydrogen-bond donors (Lipinski definition) is 13. The lowest BCUT2D eigenvalue weighted by Gasteiger charge is -2.28. The van der Waals surface area contributed by atoms with Gasteiger partial charge in [-0.3, -0.25) is 28.7 Å². The Labute approximate surface area is 817 Å². The first-order valence-electron chi connectivity index (χ1n) is 46.8. The summed E-state index contributed by atoms with van der Waals surface area (Å²) < 4.78 is 30.6. The molecule has 139 heavy (non-hydrogen) atoms. The molecule has 0 radical (unpaired) electrons. The number of nitrogens with two attached hydrogens (primary N) is 5. The maximum absolute atomic E-state index is 6.28. The van der Waals surface area contributed by atoms with Crippen molar-refractivity contribution in [2.45, 2.75) is 102 Å². The number of hydrogen-bond acceptors (Lipinski definition) is 33. The fourth-order valence-electron chi connectivity index (χ4n) is 17.7. The van der Waals surface area contributed by atoms with Crippen LogP contribution in [0.15, 0.2) is 169 Å². The van der Waals surface area contributed by atoms with E-state index in [0.29, 0.717) is 66.8 Å². The third-order valence-corrected chi connectivity index (χ3v) is 26.7. The van der Waals surface area contributed by atoms with Crippen molar-refractivity contribution in [3.63, 3.8) is 0 Å². The van der Waals surface area contributed by atoms with E-state index in [-0.39, 0.29) is 12.2 Å². The monoisotopic (exact) mass is 2010 g/mol. The number of aryl methyl sites for hydroxylation is 6. The zero-order valence-corrected chi connectivity index (χ0v) is 81.9. The molecule has 0 aromatic carbocycles. The third kappa shape index (κ3) is 22.2. The summed E-state index contributed by atoms with van der Waals surface area (Å²) in [4.78, 5) is 36.8. The SMILES string of the molecule is CC(c1cc(N)n2ncc(-c3cnn(C)c3)c2n1)C1CCCNC1.Cc1cc(NC2CCNCC2)n2ncc(-c3ccncc3)c2n1.Cc1cc(NCCCN)n2ncc(-c3ccncc3)c2n1.Cn1cc(-c2cnn3c(N)c(Br)c(CC4CNCCN4)nc23)cn1.Cn1cc(-c2cnn3c(N)c(Br)c(CC4CNCCO4)nc23)cn1.Cn1cc(-c2cnn3c(N)cc(CC4CNCCO4)nc23)cn1. The largest absolute Gasteiger partial charge is 0.384 e. The van der Waals surface area contributed by atoms with Gasteiger partial charge in [0.15, 0.2) is 33.9 Å². The summed E-state index contributed by atoms with van der Waals surface area (Å²) in [7, 11) is 7.56. The lowest BCUT2D eigenvalue weighted by Crippen LogP contribution is -2.49. The molecule has 5 aliphatic heterocycles. The number of anilines is 6. The van der Waals surface area contributed by atoms with Crippen LogP contribution in [0.5, 0.6) is 0 Å². The van der Waals surface area contributed by atoms with Crippen LogP contribution in [0.4, 0.5) is 34.9 Å². The molecular formula is C94H117Br2N41O2. The fourth-order valence-corrected chi connectivity index (χ4v) is 18.6. The highest BCUT2D eigenvalue weighted by Gasteiger charge is 2.29. The molecule has 5 atom stereocenters. The summed E-state index contributed by atoms with van der Waals surface area (Å²) in [6.45, 7) is 19.8. The number of pyridine rings is 2. The molecule has 45 heteroatoms. The van der Waals surface area contributed by atoms with Crippen LogP contribution in [-0.4, -0.2) is 259 Å². The average Bonchev–Trinajstić information content (AvgIpc) is 1.70. The molecule has 43 nitrogen and oxygen atoms in total. The minimum atomic E-state index is 0.0918. The maximum atomic E-state index is 6.28. The van der Waals surface area contributed by atoms with Crippen LogP contribution in [0.25, 0.3) is 101 Å². The highest BCUT2D eigenvalue weighted by Crippen LogP contribution is 2.37. The second-order valence-electron chi connectivity index (χ2n) is 35.2. The maximum Gasteiger partial charge on any atom is 0.165 e. The molecule has 5 aliphatic rings. The van der Waals surface area contributed by atoms with Crippen molar-refractivity contribution in [1.82, 2.24) is 169 Å². The van der Waals surface area contributed by atoms with Crippen LogP contribution in [-0.2, 0) is 56.9 Å². The first kappa shape index (κ1) is 95.6. The van der Waals surface area contributed by atoms with E-state index in [9.17, 15) is 0 Å². The first-order chi connectivity index (χ1) is 67.7. The van der Waals surface area contributed by atoms with Gasteiger partial charge in [-0.15, -0.1) is 0 Å². The first-order valence-corrected chi connectivity index (χ1v) is 48.4. The summed E-state index contributed by atoms with van der Waals surface area (Å²) in [5.74, 6) is 5.21. The van der Waals surface area contributed by atoms with Crippen molar-refractivity contribution in [1.29, 1.82) is 0 Å². The van der Waals surface area contributed by atoms with Gasteiger partial charge < -0.3 is 80.7 Å². The average molecular weight is 2010 g/mol. The molecule has 18 N–H and O–H groups in total. The standard InChI is InChI=1S/C17H23N7.C17H20N6.C15H19BrN8.C15H18BrN7O.C15H19N7O.C15H18N6/c1-11(12-4-3-5-19-7-12)15-6-16(18)24-17(22-15)14(9-21-24)13-8-20-23(2)10-13;1-12-10-16(22-14-4-8-19-9-5-14)23-17(21-12)15(11-20-23)13-2-6-18-7-3-13;1-23-8-9(5-20-23)11-7-21-24-14(17)13(16)12(22-15(11)24)4-10-6-18-2-3-19-10;1-22-8-9(5-19-22)11-7-20-23-14(17)13(16)12(21-15(11)23)4-10-6-18-2-3-24-10;1-21-9-10(6-18-21)13-8-19-22-14(16)5-11(20-15(13)22)4-12-7-17-2-3-23-12;1-11-9-14(18-6-2-5-16)21-15(20-11)13(10-19-21)12-3-7-17-8-4-12/h6,8-12,19H,3-5,7,18H2,1-2H3;2-3,6-7,10-11,14,19,22H,4-5,8-9H2,1H3;5,7-8,10,18-19H,2-4,6,17H2,1H3;5,7-8,10,18H,2-4,6,17H2,1H3;5-6,8-9,12,17H,2-4,7,16H2,1H3;3-4,7-10,18H,2,5-6,16H2,1H3. The van der Waals surface area contributed by atoms with Gasteiger partial charge in [0.25, 0.3) is 0 Å². The van der Waals surface area contributed by atoms with Crippen molar-refractivity contribution in [2.24, 2.45) is 39.8 Å². The summed E-state index contributed by atoms with van der Waals surface area (Å²) in [5.41, 5.74) is 52.7. The molecule has 18 aromatic rings. The smallest absolute Gasteiger partial charge is 0.165 e. The summed E-state index contributed by atoms with van der Waals surface area (Å²) >= 11 is 7.14.